The Bertz CT molecular complexity index is 2810. The molecule has 0 fully saturated rings. The third-order valence-corrected chi connectivity index (χ3v) is 10.8. The van der Waals surface area contributed by atoms with Gasteiger partial charge in [0.2, 0.25) is 0 Å². The van der Waals surface area contributed by atoms with Crippen LogP contribution in [0.4, 0.5) is 0 Å². The molecular weight excluding hydrogens is 615 g/mol. The number of aromatic nitrogens is 3. The molecule has 0 saturated heterocycles. The van der Waals surface area contributed by atoms with E-state index in [1.54, 1.807) is 0 Å². The van der Waals surface area contributed by atoms with E-state index in [0.29, 0.717) is 0 Å². The maximum absolute atomic E-state index is 5.17. The van der Waals surface area contributed by atoms with Crippen molar-refractivity contribution >= 4 is 54.3 Å². The highest BCUT2D eigenvalue weighted by Crippen LogP contribution is 2.49. The molecule has 0 N–H and O–H groups in total. The van der Waals surface area contributed by atoms with Gasteiger partial charge in [-0.25, -0.2) is 4.98 Å². The third-order valence-electron chi connectivity index (χ3n) is 9.53. The summed E-state index contributed by atoms with van der Waals surface area (Å²) in [7, 11) is 0. The van der Waals surface area contributed by atoms with Crippen LogP contribution in [0, 0.1) is 0 Å². The Labute approximate surface area is 287 Å². The summed E-state index contributed by atoms with van der Waals surface area (Å²) >= 11 is 1.90. The molecule has 0 amide bonds. The standard InChI is InChI=1S/C45H29N3S/c1-4-15-30(16-5-1)41-36-27-28-40-42(44(36)49-43(41)31-17-6-2-7-18-31)35-23-10-12-25-38(35)47(40)34-22-14-19-32(29-34)45-46-37-24-11-13-26-39(37)48(45)33-20-8-3-9-21-33/h1-29H. The zero-order chi connectivity index (χ0) is 32.3. The van der Waals surface area contributed by atoms with Crippen LogP contribution >= 0.6 is 11.3 Å². The van der Waals surface area contributed by atoms with Gasteiger partial charge in [0.05, 0.1) is 22.1 Å². The van der Waals surface area contributed by atoms with Crippen LogP contribution < -0.4 is 0 Å². The minimum Gasteiger partial charge on any atom is -0.309 e. The van der Waals surface area contributed by atoms with Gasteiger partial charge in [0.25, 0.3) is 0 Å². The SMILES string of the molecule is c1ccc(-c2sc3c(ccc4c3c3ccccc3n4-c3cccc(-c4nc5ccccc5n4-c4ccccc4)c3)c2-c2ccccc2)cc1. The van der Waals surface area contributed by atoms with Crippen LogP contribution in [0.1, 0.15) is 0 Å². The number of nitrogens with zero attached hydrogens (tertiary/aromatic N) is 3. The Kier molecular flexibility index (Phi) is 6.36. The quantitative estimate of drug-likeness (QED) is 0.183. The summed E-state index contributed by atoms with van der Waals surface area (Å²) in [6, 6.07) is 62.9. The number of imidazole rings is 1. The van der Waals surface area contributed by atoms with Crippen molar-refractivity contribution < 1.29 is 0 Å². The summed E-state index contributed by atoms with van der Waals surface area (Å²) in [6.45, 7) is 0. The Morgan fingerprint density at radius 2 is 1.06 bits per heavy atom. The molecule has 49 heavy (non-hydrogen) atoms. The number of rotatable bonds is 5. The highest BCUT2D eigenvalue weighted by molar-refractivity contribution is 7.24. The second kappa shape index (κ2) is 11.2. The first-order chi connectivity index (χ1) is 24.3. The molecule has 10 rings (SSSR count). The predicted octanol–water partition coefficient (Wildman–Crippen LogP) is 12.3. The first-order valence-electron chi connectivity index (χ1n) is 16.6. The molecule has 4 heteroatoms. The van der Waals surface area contributed by atoms with Gasteiger partial charge in [0.15, 0.2) is 0 Å². The van der Waals surface area contributed by atoms with Crippen molar-refractivity contribution in [2.75, 3.05) is 0 Å². The molecule has 0 spiro atoms. The normalized spacial score (nSPS) is 11.7. The van der Waals surface area contributed by atoms with Crippen molar-refractivity contribution in [1.82, 2.24) is 14.1 Å². The van der Waals surface area contributed by atoms with Crippen LogP contribution in [0.2, 0.25) is 0 Å². The van der Waals surface area contributed by atoms with Crippen LogP contribution in [0.5, 0.6) is 0 Å². The van der Waals surface area contributed by atoms with Gasteiger partial charge in [-0.15, -0.1) is 11.3 Å². The molecule has 0 aliphatic heterocycles. The predicted molar refractivity (Wildman–Crippen MR) is 207 cm³/mol. The minimum absolute atomic E-state index is 0.927. The molecule has 0 bridgehead atoms. The van der Waals surface area contributed by atoms with E-state index in [2.05, 4.69) is 185 Å². The number of fused-ring (bicyclic) bond motifs is 6. The van der Waals surface area contributed by atoms with E-state index < -0.39 is 0 Å². The van der Waals surface area contributed by atoms with Crippen molar-refractivity contribution in [2.24, 2.45) is 0 Å². The van der Waals surface area contributed by atoms with Gasteiger partial charge >= 0.3 is 0 Å². The number of hydrogen-bond acceptors (Lipinski definition) is 2. The van der Waals surface area contributed by atoms with Gasteiger partial charge in [0.1, 0.15) is 5.82 Å². The molecule has 0 radical (unpaired) electrons. The first-order valence-corrected chi connectivity index (χ1v) is 17.4. The Balaban J connectivity index is 1.24. The lowest BCUT2D eigenvalue weighted by molar-refractivity contribution is 1.10. The lowest BCUT2D eigenvalue weighted by atomic mass is 9.98. The van der Waals surface area contributed by atoms with Crippen molar-refractivity contribution in [1.29, 1.82) is 0 Å². The summed E-state index contributed by atoms with van der Waals surface area (Å²) in [5.41, 5.74) is 11.5. The number of para-hydroxylation sites is 4. The van der Waals surface area contributed by atoms with Gasteiger partial charge in [0, 0.05) is 48.2 Å². The molecule has 0 unspecified atom stereocenters. The molecule has 0 aliphatic carbocycles. The van der Waals surface area contributed by atoms with E-state index in [9.17, 15) is 0 Å². The smallest absolute Gasteiger partial charge is 0.145 e. The van der Waals surface area contributed by atoms with Gasteiger partial charge in [-0.2, -0.15) is 0 Å². The third kappa shape index (κ3) is 4.38. The number of benzene rings is 7. The summed E-state index contributed by atoms with van der Waals surface area (Å²) in [6.07, 6.45) is 0. The zero-order valence-corrected chi connectivity index (χ0v) is 27.3. The second-order valence-corrected chi connectivity index (χ2v) is 13.4. The van der Waals surface area contributed by atoms with Crippen molar-refractivity contribution in [2.45, 2.75) is 0 Å². The van der Waals surface area contributed by atoms with E-state index in [0.717, 1.165) is 33.8 Å². The lowest BCUT2D eigenvalue weighted by Crippen LogP contribution is -1.99. The van der Waals surface area contributed by atoms with Crippen molar-refractivity contribution in [3.05, 3.63) is 176 Å². The molecule has 3 heterocycles. The van der Waals surface area contributed by atoms with E-state index >= 15 is 0 Å². The molecule has 3 aromatic heterocycles. The van der Waals surface area contributed by atoms with Gasteiger partial charge in [-0.3, -0.25) is 4.57 Å². The minimum atomic E-state index is 0.927. The fourth-order valence-electron chi connectivity index (χ4n) is 7.41. The van der Waals surface area contributed by atoms with Crippen molar-refractivity contribution in [3.63, 3.8) is 0 Å². The van der Waals surface area contributed by atoms with E-state index in [-0.39, 0.29) is 0 Å². The average Bonchev–Trinajstić information content (AvgIpc) is 3.86. The lowest BCUT2D eigenvalue weighted by Gasteiger charge is -2.12. The Morgan fingerprint density at radius 1 is 0.429 bits per heavy atom. The van der Waals surface area contributed by atoms with E-state index in [4.69, 9.17) is 4.98 Å². The summed E-state index contributed by atoms with van der Waals surface area (Å²) in [4.78, 5) is 6.47. The second-order valence-electron chi connectivity index (χ2n) is 12.4. The van der Waals surface area contributed by atoms with E-state index in [1.807, 2.05) is 11.3 Å². The number of hydrogen-bond donors (Lipinski definition) is 0. The topological polar surface area (TPSA) is 22.8 Å². The van der Waals surface area contributed by atoms with E-state index in [1.165, 1.54) is 53.5 Å². The average molecular weight is 644 g/mol. The zero-order valence-electron chi connectivity index (χ0n) is 26.5. The van der Waals surface area contributed by atoms with Crippen LogP contribution in [0.15, 0.2) is 176 Å². The van der Waals surface area contributed by atoms with Crippen LogP contribution in [-0.4, -0.2) is 14.1 Å². The summed E-state index contributed by atoms with van der Waals surface area (Å²) < 4.78 is 6.01. The number of thiophene rings is 1. The van der Waals surface area contributed by atoms with Crippen LogP contribution in [-0.2, 0) is 0 Å². The van der Waals surface area contributed by atoms with Crippen LogP contribution in [0.25, 0.3) is 87.3 Å². The molecule has 7 aromatic carbocycles. The first kappa shape index (κ1) is 27.8. The molecular formula is C45H29N3S. The molecule has 230 valence electrons. The maximum atomic E-state index is 5.17. The molecule has 0 atom stereocenters. The monoisotopic (exact) mass is 643 g/mol. The molecule has 0 aliphatic rings. The van der Waals surface area contributed by atoms with Gasteiger partial charge < -0.3 is 4.57 Å². The van der Waals surface area contributed by atoms with Gasteiger partial charge in [-0.05, 0) is 59.7 Å². The van der Waals surface area contributed by atoms with Crippen LogP contribution in [0.3, 0.4) is 0 Å². The molecule has 0 saturated carbocycles. The van der Waals surface area contributed by atoms with Gasteiger partial charge in [-0.1, -0.05) is 127 Å². The summed E-state index contributed by atoms with van der Waals surface area (Å²) in [5.74, 6) is 0.927. The highest BCUT2D eigenvalue weighted by Gasteiger charge is 2.22. The molecule has 10 aromatic rings. The highest BCUT2D eigenvalue weighted by atomic mass is 32.1. The summed E-state index contributed by atoms with van der Waals surface area (Å²) in [5, 5.41) is 3.83. The Hall–Kier alpha value is -6.23. The fourth-order valence-corrected chi connectivity index (χ4v) is 8.80. The molecule has 3 nitrogen and oxygen atoms in total. The largest absolute Gasteiger partial charge is 0.309 e. The fraction of sp³-hybridized carbons (Fsp3) is 0. The van der Waals surface area contributed by atoms with Crippen molar-refractivity contribution in [3.8, 4) is 44.3 Å². The Morgan fingerprint density at radius 3 is 1.86 bits per heavy atom. The maximum Gasteiger partial charge on any atom is 0.145 e.